The highest BCUT2D eigenvalue weighted by Gasteiger charge is 2.18. The van der Waals surface area contributed by atoms with Crippen molar-refractivity contribution in [2.24, 2.45) is 0 Å². The zero-order chi connectivity index (χ0) is 15.7. The molecule has 0 aliphatic carbocycles. The zero-order valence-electron chi connectivity index (χ0n) is 13.3. The largest absolute Gasteiger partial charge is 0.472 e. The molecule has 0 aliphatic rings. The number of rotatable bonds is 9. The average Bonchev–Trinajstić information content (AvgIpc) is 3.02. The molecule has 1 aromatic rings. The Morgan fingerprint density at radius 1 is 1.10 bits per heavy atom. The first-order valence-corrected chi connectivity index (χ1v) is 7.73. The Morgan fingerprint density at radius 2 is 1.81 bits per heavy atom. The maximum absolute atomic E-state index is 12.4. The number of carbonyl (C=O) groups excluding carboxylic acids is 2. The number of carbonyl (C=O) groups is 2. The normalized spacial score (nSPS) is 10.4. The van der Waals surface area contributed by atoms with E-state index in [2.05, 4.69) is 6.92 Å². The van der Waals surface area contributed by atoms with Crippen molar-refractivity contribution in [3.63, 3.8) is 0 Å². The smallest absolute Gasteiger partial charge is 0.257 e. The van der Waals surface area contributed by atoms with E-state index in [1.54, 1.807) is 15.9 Å². The van der Waals surface area contributed by atoms with Crippen molar-refractivity contribution in [2.75, 3.05) is 26.2 Å². The van der Waals surface area contributed by atoms with Gasteiger partial charge in [-0.1, -0.05) is 13.3 Å². The van der Waals surface area contributed by atoms with Crippen molar-refractivity contribution in [3.05, 3.63) is 24.2 Å². The molecular weight excluding hydrogens is 268 g/mol. The molecule has 0 atom stereocenters. The van der Waals surface area contributed by atoms with Crippen LogP contribution in [0.15, 0.2) is 23.0 Å². The van der Waals surface area contributed by atoms with E-state index in [0.29, 0.717) is 38.2 Å². The molecule has 0 unspecified atom stereocenters. The highest BCUT2D eigenvalue weighted by molar-refractivity contribution is 5.94. The van der Waals surface area contributed by atoms with Crippen LogP contribution >= 0.6 is 0 Å². The molecule has 0 bridgehead atoms. The number of furan rings is 1. The van der Waals surface area contributed by atoms with Gasteiger partial charge in [-0.2, -0.15) is 0 Å². The summed E-state index contributed by atoms with van der Waals surface area (Å²) >= 11 is 0. The molecule has 5 nitrogen and oxygen atoms in total. The lowest BCUT2D eigenvalue weighted by Gasteiger charge is -2.24. The Morgan fingerprint density at radius 3 is 2.33 bits per heavy atom. The first-order valence-electron chi connectivity index (χ1n) is 7.73. The minimum atomic E-state index is -0.0652. The lowest BCUT2D eigenvalue weighted by atomic mass is 10.2. The van der Waals surface area contributed by atoms with Gasteiger partial charge in [0.05, 0.1) is 11.8 Å². The topological polar surface area (TPSA) is 53.8 Å². The number of amides is 2. The Kier molecular flexibility index (Phi) is 7.58. The predicted octanol–water partition coefficient (Wildman–Crippen LogP) is 2.78. The number of hydrogen-bond donors (Lipinski definition) is 0. The molecule has 0 aliphatic heterocycles. The van der Waals surface area contributed by atoms with Crippen LogP contribution in [-0.4, -0.2) is 47.8 Å². The fourth-order valence-corrected chi connectivity index (χ4v) is 2.20. The average molecular weight is 294 g/mol. The molecule has 1 heterocycles. The minimum absolute atomic E-state index is 0.0652. The summed E-state index contributed by atoms with van der Waals surface area (Å²) in [6.45, 7) is 8.56. The second-order valence-corrected chi connectivity index (χ2v) is 4.97. The summed E-state index contributed by atoms with van der Waals surface area (Å²) in [5.41, 5.74) is 0.543. The Balaban J connectivity index is 2.62. The second-order valence-electron chi connectivity index (χ2n) is 4.97. The molecule has 0 N–H and O–H groups in total. The van der Waals surface area contributed by atoms with Crippen molar-refractivity contribution < 1.29 is 14.0 Å². The summed E-state index contributed by atoms with van der Waals surface area (Å²) in [7, 11) is 0. The molecule has 0 spiro atoms. The van der Waals surface area contributed by atoms with Crippen LogP contribution in [0.25, 0.3) is 0 Å². The maximum Gasteiger partial charge on any atom is 0.257 e. The van der Waals surface area contributed by atoms with Gasteiger partial charge in [0.15, 0.2) is 0 Å². The molecule has 1 aromatic heterocycles. The van der Waals surface area contributed by atoms with Crippen molar-refractivity contribution in [3.8, 4) is 0 Å². The van der Waals surface area contributed by atoms with Crippen LogP contribution in [0.3, 0.4) is 0 Å². The van der Waals surface area contributed by atoms with Gasteiger partial charge in [0.2, 0.25) is 5.91 Å². The summed E-state index contributed by atoms with van der Waals surface area (Å²) in [6.07, 6.45) is 5.26. The molecule has 0 saturated carbocycles. The highest BCUT2D eigenvalue weighted by Crippen LogP contribution is 2.08. The van der Waals surface area contributed by atoms with Gasteiger partial charge in [-0.05, 0) is 26.3 Å². The van der Waals surface area contributed by atoms with Gasteiger partial charge >= 0.3 is 0 Å². The number of unbranched alkanes of at least 4 members (excludes halogenated alkanes) is 1. The van der Waals surface area contributed by atoms with Gasteiger partial charge < -0.3 is 14.2 Å². The molecule has 118 valence electrons. The van der Waals surface area contributed by atoms with Crippen LogP contribution in [0, 0.1) is 0 Å². The fourth-order valence-electron chi connectivity index (χ4n) is 2.20. The van der Waals surface area contributed by atoms with E-state index in [-0.39, 0.29) is 11.8 Å². The van der Waals surface area contributed by atoms with E-state index in [1.807, 2.05) is 13.8 Å². The van der Waals surface area contributed by atoms with Gasteiger partial charge in [-0.3, -0.25) is 9.59 Å². The Hall–Kier alpha value is -1.78. The van der Waals surface area contributed by atoms with Crippen molar-refractivity contribution >= 4 is 11.8 Å². The van der Waals surface area contributed by atoms with Crippen LogP contribution < -0.4 is 0 Å². The van der Waals surface area contributed by atoms with Gasteiger partial charge in [0, 0.05) is 32.6 Å². The highest BCUT2D eigenvalue weighted by atomic mass is 16.3. The van der Waals surface area contributed by atoms with E-state index < -0.39 is 0 Å². The number of hydrogen-bond acceptors (Lipinski definition) is 3. The molecule has 1 rings (SSSR count). The molecule has 5 heteroatoms. The summed E-state index contributed by atoms with van der Waals surface area (Å²) in [4.78, 5) is 28.0. The third-order valence-electron chi connectivity index (χ3n) is 3.55. The minimum Gasteiger partial charge on any atom is -0.472 e. The van der Waals surface area contributed by atoms with Crippen LogP contribution in [0.4, 0.5) is 0 Å². The fraction of sp³-hybridized carbons (Fsp3) is 0.625. The molecule has 0 aromatic carbocycles. The third-order valence-corrected chi connectivity index (χ3v) is 3.55. The van der Waals surface area contributed by atoms with Crippen molar-refractivity contribution in [2.45, 2.75) is 40.0 Å². The zero-order valence-corrected chi connectivity index (χ0v) is 13.3. The van der Waals surface area contributed by atoms with Crippen molar-refractivity contribution in [1.29, 1.82) is 0 Å². The first-order chi connectivity index (χ1) is 10.1. The maximum atomic E-state index is 12.4. The SMILES string of the molecule is CCCCN(CCC(=O)N(CC)CC)C(=O)c1ccoc1. The lowest BCUT2D eigenvalue weighted by Crippen LogP contribution is -2.37. The molecule has 21 heavy (non-hydrogen) atoms. The standard InChI is InChI=1S/C16H26N2O3/c1-4-7-10-18(16(20)14-9-12-21-13-14)11-8-15(19)17(5-2)6-3/h9,12-13H,4-8,10-11H2,1-3H3. The van der Waals surface area contributed by atoms with E-state index in [1.165, 1.54) is 12.5 Å². The molecular formula is C16H26N2O3. The van der Waals surface area contributed by atoms with Gasteiger partial charge in [-0.15, -0.1) is 0 Å². The van der Waals surface area contributed by atoms with Crippen LogP contribution in [0.5, 0.6) is 0 Å². The van der Waals surface area contributed by atoms with Crippen LogP contribution in [0.1, 0.15) is 50.4 Å². The van der Waals surface area contributed by atoms with E-state index in [0.717, 1.165) is 12.8 Å². The van der Waals surface area contributed by atoms with E-state index in [9.17, 15) is 9.59 Å². The Bertz CT molecular complexity index is 425. The molecule has 0 fully saturated rings. The summed E-state index contributed by atoms with van der Waals surface area (Å²) < 4.78 is 4.97. The third kappa shape index (κ3) is 5.25. The summed E-state index contributed by atoms with van der Waals surface area (Å²) in [5, 5.41) is 0. The van der Waals surface area contributed by atoms with Gasteiger partial charge in [0.1, 0.15) is 6.26 Å². The van der Waals surface area contributed by atoms with E-state index >= 15 is 0 Å². The lowest BCUT2D eigenvalue weighted by molar-refractivity contribution is -0.131. The predicted molar refractivity (Wildman–Crippen MR) is 82.1 cm³/mol. The molecule has 0 radical (unpaired) electrons. The first kappa shape index (κ1) is 17.3. The van der Waals surface area contributed by atoms with Gasteiger partial charge in [-0.25, -0.2) is 0 Å². The number of nitrogens with zero attached hydrogens (tertiary/aromatic N) is 2. The summed E-state index contributed by atoms with van der Waals surface area (Å²) in [5.74, 6) is 0.0334. The monoisotopic (exact) mass is 294 g/mol. The van der Waals surface area contributed by atoms with E-state index in [4.69, 9.17) is 4.42 Å². The van der Waals surface area contributed by atoms with Crippen molar-refractivity contribution in [1.82, 2.24) is 9.80 Å². The van der Waals surface area contributed by atoms with Gasteiger partial charge in [0.25, 0.3) is 5.91 Å². The Labute approximate surface area is 126 Å². The second kappa shape index (κ2) is 9.21. The molecule has 0 saturated heterocycles. The molecule has 2 amide bonds. The van der Waals surface area contributed by atoms with Crippen LogP contribution in [0.2, 0.25) is 0 Å². The quantitative estimate of drug-likeness (QED) is 0.703. The van der Waals surface area contributed by atoms with Crippen LogP contribution in [-0.2, 0) is 4.79 Å². The summed E-state index contributed by atoms with van der Waals surface area (Å²) in [6, 6.07) is 1.66.